The molecule has 0 bridgehead atoms. The second kappa shape index (κ2) is 5.01. The van der Waals surface area contributed by atoms with Crippen LogP contribution in [0.15, 0.2) is 11.8 Å². The highest BCUT2D eigenvalue weighted by atomic mass is 32.2. The third-order valence-electron chi connectivity index (χ3n) is 2.68. The van der Waals surface area contributed by atoms with Crippen LogP contribution in [0, 0.1) is 5.92 Å². The predicted octanol–water partition coefficient (Wildman–Crippen LogP) is 2.14. The van der Waals surface area contributed by atoms with E-state index in [-0.39, 0.29) is 17.8 Å². The molecule has 2 atom stereocenters. The zero-order valence-electron chi connectivity index (χ0n) is 9.69. The number of ether oxygens (including phenoxy) is 1. The average Bonchev–Trinajstić information content (AvgIpc) is 2.12. The first-order valence-electron chi connectivity index (χ1n) is 5.40. The van der Waals surface area contributed by atoms with Crippen molar-refractivity contribution in [2.45, 2.75) is 39.7 Å². The quantitative estimate of drug-likeness (QED) is 0.700. The second-order valence-corrected chi connectivity index (χ2v) is 6.78. The van der Waals surface area contributed by atoms with Crippen LogP contribution >= 0.6 is 0 Å². The Morgan fingerprint density at radius 1 is 1.47 bits per heavy atom. The number of sulfone groups is 1. The van der Waals surface area contributed by atoms with E-state index < -0.39 is 9.84 Å². The standard InChI is InChI=1S/C11H20O3S/c1-9(2)7-14-10(3)11-5-4-6-15(12,13)8-11/h7,10-11H,4-6,8H2,1-3H3. The topological polar surface area (TPSA) is 43.4 Å². The lowest BCUT2D eigenvalue weighted by Gasteiger charge is -2.27. The highest BCUT2D eigenvalue weighted by molar-refractivity contribution is 7.91. The van der Waals surface area contributed by atoms with Crippen molar-refractivity contribution in [3.63, 3.8) is 0 Å². The molecule has 0 amide bonds. The molecule has 3 nitrogen and oxygen atoms in total. The Kier molecular flexibility index (Phi) is 4.20. The molecule has 1 saturated heterocycles. The summed E-state index contributed by atoms with van der Waals surface area (Å²) in [4.78, 5) is 0. The monoisotopic (exact) mass is 232 g/mol. The first kappa shape index (κ1) is 12.6. The molecule has 0 radical (unpaired) electrons. The zero-order valence-corrected chi connectivity index (χ0v) is 10.5. The van der Waals surface area contributed by atoms with Crippen molar-refractivity contribution in [3.8, 4) is 0 Å². The van der Waals surface area contributed by atoms with Crippen LogP contribution in [0.2, 0.25) is 0 Å². The highest BCUT2D eigenvalue weighted by Gasteiger charge is 2.29. The number of hydrogen-bond acceptors (Lipinski definition) is 3. The van der Waals surface area contributed by atoms with Crippen molar-refractivity contribution in [1.29, 1.82) is 0 Å². The first-order valence-corrected chi connectivity index (χ1v) is 7.22. The molecule has 1 fully saturated rings. The molecule has 0 aliphatic carbocycles. The van der Waals surface area contributed by atoms with E-state index in [2.05, 4.69) is 0 Å². The van der Waals surface area contributed by atoms with E-state index in [0.717, 1.165) is 18.4 Å². The zero-order chi connectivity index (χ0) is 11.5. The lowest BCUT2D eigenvalue weighted by Crippen LogP contribution is -2.32. The van der Waals surface area contributed by atoms with Gasteiger partial charge in [0.25, 0.3) is 0 Å². The SMILES string of the molecule is CC(C)=COC(C)C1CCCS(=O)(=O)C1. The minimum Gasteiger partial charge on any atom is -0.498 e. The summed E-state index contributed by atoms with van der Waals surface area (Å²) in [6.45, 7) is 5.87. The van der Waals surface area contributed by atoms with Gasteiger partial charge in [-0.3, -0.25) is 0 Å². The third kappa shape index (κ3) is 4.24. The normalized spacial score (nSPS) is 26.7. The van der Waals surface area contributed by atoms with Crippen LogP contribution in [0.3, 0.4) is 0 Å². The van der Waals surface area contributed by atoms with Crippen molar-refractivity contribution in [2.24, 2.45) is 5.92 Å². The first-order chi connectivity index (χ1) is 6.91. The van der Waals surface area contributed by atoms with E-state index in [4.69, 9.17) is 4.74 Å². The molecule has 1 aliphatic heterocycles. The molecule has 0 aromatic rings. The van der Waals surface area contributed by atoms with Crippen LogP contribution in [0.25, 0.3) is 0 Å². The minimum absolute atomic E-state index is 0.00465. The summed E-state index contributed by atoms with van der Waals surface area (Å²) < 4.78 is 28.4. The van der Waals surface area contributed by atoms with E-state index in [1.807, 2.05) is 20.8 Å². The van der Waals surface area contributed by atoms with Gasteiger partial charge in [-0.05, 0) is 39.2 Å². The van der Waals surface area contributed by atoms with Gasteiger partial charge in [-0.25, -0.2) is 8.42 Å². The van der Waals surface area contributed by atoms with Crippen LogP contribution in [0.4, 0.5) is 0 Å². The Hall–Kier alpha value is -0.510. The van der Waals surface area contributed by atoms with Gasteiger partial charge in [-0.1, -0.05) is 0 Å². The minimum atomic E-state index is -2.82. The molecular weight excluding hydrogens is 212 g/mol. The van der Waals surface area contributed by atoms with Crippen LogP contribution in [0.1, 0.15) is 33.6 Å². The summed E-state index contributed by atoms with van der Waals surface area (Å²) >= 11 is 0. The van der Waals surface area contributed by atoms with Crippen molar-refractivity contribution in [3.05, 3.63) is 11.8 Å². The van der Waals surface area contributed by atoms with Gasteiger partial charge in [0.1, 0.15) is 0 Å². The molecule has 0 aromatic carbocycles. The molecule has 88 valence electrons. The van der Waals surface area contributed by atoms with Crippen LogP contribution < -0.4 is 0 Å². The van der Waals surface area contributed by atoms with Crippen molar-refractivity contribution >= 4 is 9.84 Å². The highest BCUT2D eigenvalue weighted by Crippen LogP contribution is 2.23. The number of hydrogen-bond donors (Lipinski definition) is 0. The molecule has 1 heterocycles. The van der Waals surface area contributed by atoms with E-state index in [1.54, 1.807) is 6.26 Å². The summed E-state index contributed by atoms with van der Waals surface area (Å²) in [5, 5.41) is 0. The van der Waals surface area contributed by atoms with E-state index in [0.29, 0.717) is 5.75 Å². The Balaban J connectivity index is 2.53. The Bertz CT molecular complexity index is 326. The maximum absolute atomic E-state index is 11.4. The summed E-state index contributed by atoms with van der Waals surface area (Å²) in [7, 11) is -2.82. The molecule has 4 heteroatoms. The van der Waals surface area contributed by atoms with Gasteiger partial charge in [-0.15, -0.1) is 0 Å². The molecule has 2 unspecified atom stereocenters. The Morgan fingerprint density at radius 2 is 2.13 bits per heavy atom. The predicted molar refractivity (Wildman–Crippen MR) is 61.4 cm³/mol. The maximum atomic E-state index is 11.4. The fourth-order valence-electron chi connectivity index (χ4n) is 1.78. The second-order valence-electron chi connectivity index (χ2n) is 4.55. The lowest BCUT2D eigenvalue weighted by atomic mass is 10.00. The lowest BCUT2D eigenvalue weighted by molar-refractivity contribution is 0.103. The number of allylic oxidation sites excluding steroid dienone is 1. The summed E-state index contributed by atoms with van der Waals surface area (Å²) in [6, 6.07) is 0. The average molecular weight is 232 g/mol. The summed E-state index contributed by atoms with van der Waals surface area (Å²) in [5.41, 5.74) is 1.10. The van der Waals surface area contributed by atoms with Crippen LogP contribution in [-0.4, -0.2) is 26.0 Å². The molecule has 0 N–H and O–H groups in total. The Morgan fingerprint density at radius 3 is 2.67 bits per heavy atom. The molecule has 15 heavy (non-hydrogen) atoms. The fourth-order valence-corrected chi connectivity index (χ4v) is 3.65. The van der Waals surface area contributed by atoms with Crippen LogP contribution in [-0.2, 0) is 14.6 Å². The smallest absolute Gasteiger partial charge is 0.150 e. The van der Waals surface area contributed by atoms with Gasteiger partial charge in [0.15, 0.2) is 9.84 Å². The summed E-state index contributed by atoms with van der Waals surface area (Å²) in [5.74, 6) is 0.781. The van der Waals surface area contributed by atoms with Gasteiger partial charge >= 0.3 is 0 Å². The molecule has 1 aliphatic rings. The third-order valence-corrected chi connectivity index (χ3v) is 4.53. The largest absolute Gasteiger partial charge is 0.498 e. The van der Waals surface area contributed by atoms with Gasteiger partial charge < -0.3 is 4.74 Å². The van der Waals surface area contributed by atoms with Crippen molar-refractivity contribution in [2.75, 3.05) is 11.5 Å². The van der Waals surface area contributed by atoms with Crippen molar-refractivity contribution < 1.29 is 13.2 Å². The molecule has 0 spiro atoms. The van der Waals surface area contributed by atoms with E-state index in [9.17, 15) is 8.42 Å². The Labute approximate surface area is 92.4 Å². The van der Waals surface area contributed by atoms with Gasteiger partial charge in [0.05, 0.1) is 23.9 Å². The summed E-state index contributed by atoms with van der Waals surface area (Å²) in [6.07, 6.45) is 3.44. The molecule has 1 rings (SSSR count). The molecule has 0 aromatic heterocycles. The van der Waals surface area contributed by atoms with E-state index >= 15 is 0 Å². The van der Waals surface area contributed by atoms with Crippen molar-refractivity contribution in [1.82, 2.24) is 0 Å². The molecule has 0 saturated carbocycles. The van der Waals surface area contributed by atoms with Gasteiger partial charge in [0, 0.05) is 5.92 Å². The van der Waals surface area contributed by atoms with Crippen LogP contribution in [0.5, 0.6) is 0 Å². The van der Waals surface area contributed by atoms with Gasteiger partial charge in [-0.2, -0.15) is 0 Å². The van der Waals surface area contributed by atoms with E-state index in [1.165, 1.54) is 0 Å². The van der Waals surface area contributed by atoms with Gasteiger partial charge in [0.2, 0.25) is 0 Å². The fraction of sp³-hybridized carbons (Fsp3) is 0.818. The number of rotatable bonds is 3. The molecular formula is C11H20O3S. The maximum Gasteiger partial charge on any atom is 0.150 e.